The molecule has 1 aromatic carbocycles. The first-order valence-corrected chi connectivity index (χ1v) is 5.86. The van der Waals surface area contributed by atoms with Gasteiger partial charge in [-0.25, -0.2) is 4.39 Å². The third kappa shape index (κ3) is 2.30. The van der Waals surface area contributed by atoms with E-state index in [1.807, 2.05) is 20.2 Å². The third-order valence-electron chi connectivity index (χ3n) is 2.84. The van der Waals surface area contributed by atoms with Crippen molar-refractivity contribution in [2.75, 3.05) is 11.1 Å². The second kappa shape index (κ2) is 4.68. The zero-order valence-electron chi connectivity index (χ0n) is 10.8. The van der Waals surface area contributed by atoms with Gasteiger partial charge in [-0.3, -0.25) is 4.68 Å². The Bertz CT molecular complexity index is 575. The monoisotopic (exact) mass is 248 g/mol. The Kier molecular flexibility index (Phi) is 3.23. The molecule has 18 heavy (non-hydrogen) atoms. The van der Waals surface area contributed by atoms with E-state index in [1.165, 1.54) is 6.07 Å². The molecule has 0 amide bonds. The molecular formula is C13H17FN4. The predicted molar refractivity (Wildman–Crippen MR) is 71.4 cm³/mol. The fourth-order valence-electron chi connectivity index (χ4n) is 1.85. The Morgan fingerprint density at radius 2 is 2.11 bits per heavy atom. The molecule has 0 radical (unpaired) electrons. The van der Waals surface area contributed by atoms with Crippen LogP contribution in [0.25, 0.3) is 0 Å². The van der Waals surface area contributed by atoms with Crippen LogP contribution in [0, 0.1) is 12.7 Å². The Morgan fingerprint density at radius 1 is 1.39 bits per heavy atom. The summed E-state index contributed by atoms with van der Waals surface area (Å²) in [4.78, 5) is 0. The molecule has 0 spiro atoms. The second-order valence-electron chi connectivity index (χ2n) is 4.33. The number of nitrogens with two attached hydrogens (primary N) is 1. The van der Waals surface area contributed by atoms with Gasteiger partial charge in [-0.05, 0) is 31.0 Å². The van der Waals surface area contributed by atoms with Gasteiger partial charge in [-0.2, -0.15) is 5.10 Å². The number of halogens is 1. The molecule has 3 N–H and O–H groups in total. The minimum atomic E-state index is -0.292. The first-order chi connectivity index (χ1) is 8.51. The van der Waals surface area contributed by atoms with Gasteiger partial charge < -0.3 is 11.1 Å². The molecule has 96 valence electrons. The van der Waals surface area contributed by atoms with Crippen molar-refractivity contribution >= 4 is 17.1 Å². The molecule has 0 saturated heterocycles. The summed E-state index contributed by atoms with van der Waals surface area (Å²) in [5.41, 5.74) is 9.33. The van der Waals surface area contributed by atoms with Crippen molar-refractivity contribution in [3.8, 4) is 0 Å². The van der Waals surface area contributed by atoms with Gasteiger partial charge in [0.15, 0.2) is 0 Å². The van der Waals surface area contributed by atoms with Gasteiger partial charge in [-0.15, -0.1) is 0 Å². The van der Waals surface area contributed by atoms with Crippen molar-refractivity contribution in [3.05, 3.63) is 35.4 Å². The highest BCUT2D eigenvalue weighted by Gasteiger charge is 2.09. The molecule has 1 heterocycles. The first-order valence-electron chi connectivity index (χ1n) is 5.86. The summed E-state index contributed by atoms with van der Waals surface area (Å²) in [6, 6.07) is 3.04. The van der Waals surface area contributed by atoms with Crippen molar-refractivity contribution in [1.29, 1.82) is 0 Å². The van der Waals surface area contributed by atoms with Crippen LogP contribution < -0.4 is 11.1 Å². The lowest BCUT2D eigenvalue weighted by Crippen LogP contribution is -1.99. The molecule has 0 aliphatic heterocycles. The summed E-state index contributed by atoms with van der Waals surface area (Å²) < 4.78 is 15.1. The molecule has 0 aliphatic rings. The van der Waals surface area contributed by atoms with Crippen LogP contribution in [-0.4, -0.2) is 9.78 Å². The molecule has 0 bridgehead atoms. The van der Waals surface area contributed by atoms with E-state index >= 15 is 0 Å². The van der Waals surface area contributed by atoms with Crippen LogP contribution in [-0.2, 0) is 13.5 Å². The number of nitrogens with zero attached hydrogens (tertiary/aromatic N) is 2. The van der Waals surface area contributed by atoms with Gasteiger partial charge in [0.25, 0.3) is 0 Å². The molecule has 4 nitrogen and oxygen atoms in total. The topological polar surface area (TPSA) is 55.9 Å². The number of anilines is 3. The molecular weight excluding hydrogens is 231 g/mol. The standard InChI is InChI=1S/C13H17FN4/c1-4-11-13(7-18(3)17-11)16-12-5-8(2)9(14)6-10(12)15/h5-7,16H,4,15H2,1-3H3. The molecule has 2 aromatic rings. The molecule has 0 aliphatic carbocycles. The highest BCUT2D eigenvalue weighted by atomic mass is 19.1. The van der Waals surface area contributed by atoms with Crippen molar-refractivity contribution in [1.82, 2.24) is 9.78 Å². The van der Waals surface area contributed by atoms with Gasteiger partial charge in [0.1, 0.15) is 5.82 Å². The highest BCUT2D eigenvalue weighted by Crippen LogP contribution is 2.27. The number of rotatable bonds is 3. The quantitative estimate of drug-likeness (QED) is 0.821. The molecule has 5 heteroatoms. The van der Waals surface area contributed by atoms with Crippen LogP contribution in [0.1, 0.15) is 18.2 Å². The van der Waals surface area contributed by atoms with E-state index in [0.29, 0.717) is 16.9 Å². The molecule has 0 saturated carbocycles. The maximum atomic E-state index is 13.3. The van der Waals surface area contributed by atoms with Crippen molar-refractivity contribution in [2.45, 2.75) is 20.3 Å². The van der Waals surface area contributed by atoms with E-state index in [-0.39, 0.29) is 5.82 Å². The third-order valence-corrected chi connectivity index (χ3v) is 2.84. The zero-order chi connectivity index (χ0) is 13.3. The summed E-state index contributed by atoms with van der Waals surface area (Å²) in [5.74, 6) is -0.292. The number of benzene rings is 1. The van der Waals surface area contributed by atoms with E-state index < -0.39 is 0 Å². The minimum absolute atomic E-state index is 0.292. The summed E-state index contributed by atoms with van der Waals surface area (Å²) >= 11 is 0. The van der Waals surface area contributed by atoms with Crippen LogP contribution in [0.2, 0.25) is 0 Å². The van der Waals surface area contributed by atoms with Crippen molar-refractivity contribution < 1.29 is 4.39 Å². The van der Waals surface area contributed by atoms with Crippen LogP contribution in [0.3, 0.4) is 0 Å². The molecule has 0 atom stereocenters. The van der Waals surface area contributed by atoms with Crippen LogP contribution >= 0.6 is 0 Å². The lowest BCUT2D eigenvalue weighted by atomic mass is 10.1. The average molecular weight is 248 g/mol. The lowest BCUT2D eigenvalue weighted by molar-refractivity contribution is 0.619. The van der Waals surface area contributed by atoms with E-state index in [2.05, 4.69) is 10.4 Å². The SMILES string of the molecule is CCc1nn(C)cc1Nc1cc(C)c(F)cc1N. The minimum Gasteiger partial charge on any atom is -0.397 e. The van der Waals surface area contributed by atoms with Gasteiger partial charge >= 0.3 is 0 Å². The first kappa shape index (κ1) is 12.4. The van der Waals surface area contributed by atoms with E-state index in [9.17, 15) is 4.39 Å². The molecule has 0 fully saturated rings. The van der Waals surface area contributed by atoms with E-state index in [1.54, 1.807) is 17.7 Å². The maximum absolute atomic E-state index is 13.3. The van der Waals surface area contributed by atoms with E-state index in [0.717, 1.165) is 17.8 Å². The van der Waals surface area contributed by atoms with Crippen LogP contribution in [0.4, 0.5) is 21.5 Å². The number of aromatic nitrogens is 2. The van der Waals surface area contributed by atoms with Crippen LogP contribution in [0.5, 0.6) is 0 Å². The highest BCUT2D eigenvalue weighted by molar-refractivity contribution is 5.74. The van der Waals surface area contributed by atoms with Gasteiger partial charge in [0.2, 0.25) is 0 Å². The van der Waals surface area contributed by atoms with Gasteiger partial charge in [-0.1, -0.05) is 6.92 Å². The second-order valence-corrected chi connectivity index (χ2v) is 4.33. The van der Waals surface area contributed by atoms with E-state index in [4.69, 9.17) is 5.73 Å². The normalized spacial score (nSPS) is 10.7. The number of hydrogen-bond donors (Lipinski definition) is 2. The Hall–Kier alpha value is -2.04. The summed E-state index contributed by atoms with van der Waals surface area (Å²) in [7, 11) is 1.86. The summed E-state index contributed by atoms with van der Waals surface area (Å²) in [5, 5.41) is 7.54. The molecule has 2 rings (SSSR count). The summed E-state index contributed by atoms with van der Waals surface area (Å²) in [6.07, 6.45) is 2.71. The smallest absolute Gasteiger partial charge is 0.128 e. The predicted octanol–water partition coefficient (Wildman–Crippen LogP) is 2.76. The van der Waals surface area contributed by atoms with Crippen molar-refractivity contribution in [2.24, 2.45) is 7.05 Å². The number of nitrogens with one attached hydrogen (secondary N) is 1. The Balaban J connectivity index is 2.36. The molecule has 1 aromatic heterocycles. The number of hydrogen-bond acceptors (Lipinski definition) is 3. The molecule has 0 unspecified atom stereocenters. The Labute approximate surface area is 106 Å². The zero-order valence-corrected chi connectivity index (χ0v) is 10.8. The number of nitrogen functional groups attached to an aromatic ring is 1. The maximum Gasteiger partial charge on any atom is 0.128 e. The fourth-order valence-corrected chi connectivity index (χ4v) is 1.85. The average Bonchev–Trinajstić information content (AvgIpc) is 2.66. The fraction of sp³-hybridized carbons (Fsp3) is 0.308. The lowest BCUT2D eigenvalue weighted by Gasteiger charge is -2.10. The Morgan fingerprint density at radius 3 is 2.78 bits per heavy atom. The largest absolute Gasteiger partial charge is 0.397 e. The van der Waals surface area contributed by atoms with Gasteiger partial charge in [0, 0.05) is 13.2 Å². The number of aryl methyl sites for hydroxylation is 3. The van der Waals surface area contributed by atoms with Crippen LogP contribution in [0.15, 0.2) is 18.3 Å². The van der Waals surface area contributed by atoms with Crippen molar-refractivity contribution in [3.63, 3.8) is 0 Å². The summed E-state index contributed by atoms with van der Waals surface area (Å²) in [6.45, 7) is 3.75. The van der Waals surface area contributed by atoms with Gasteiger partial charge in [0.05, 0.1) is 22.8 Å².